The Hall–Kier alpha value is -2.84. The maximum Gasteiger partial charge on any atom is 0.321 e. The molecule has 0 spiro atoms. The fraction of sp³-hybridized carbons (Fsp3) is 0.333. The van der Waals surface area contributed by atoms with Crippen LogP contribution >= 0.6 is 0 Å². The molecule has 1 amide bonds. The Bertz CT molecular complexity index is 782. The lowest BCUT2D eigenvalue weighted by Crippen LogP contribution is -2.44. The molecule has 0 aliphatic rings. The number of ether oxygens (including phenoxy) is 1. The van der Waals surface area contributed by atoms with Crippen LogP contribution in [0.1, 0.15) is 13.8 Å². The van der Waals surface area contributed by atoms with E-state index in [-0.39, 0.29) is 12.4 Å². The SMILES string of the molecule is C[C@@H](COc1ccc2c(cnn2C(=N)C=N)c1)NC(=O)C(C)(F)F. The Labute approximate surface area is 136 Å². The van der Waals surface area contributed by atoms with Gasteiger partial charge in [-0.2, -0.15) is 13.9 Å². The van der Waals surface area contributed by atoms with Crippen LogP contribution in [-0.2, 0) is 4.79 Å². The summed E-state index contributed by atoms with van der Waals surface area (Å²) in [6.07, 6.45) is 2.41. The van der Waals surface area contributed by atoms with Gasteiger partial charge in [-0.1, -0.05) is 0 Å². The van der Waals surface area contributed by atoms with Crippen molar-refractivity contribution >= 4 is 28.9 Å². The molecule has 1 aromatic carbocycles. The minimum absolute atomic E-state index is 0.0256. The highest BCUT2D eigenvalue weighted by Gasteiger charge is 2.32. The van der Waals surface area contributed by atoms with Crippen LogP contribution in [0.2, 0.25) is 0 Å². The second-order valence-corrected chi connectivity index (χ2v) is 5.38. The van der Waals surface area contributed by atoms with Gasteiger partial charge in [-0.05, 0) is 25.1 Å². The highest BCUT2D eigenvalue weighted by Crippen LogP contribution is 2.21. The second kappa shape index (κ2) is 6.73. The lowest BCUT2D eigenvalue weighted by Gasteiger charge is -2.17. The van der Waals surface area contributed by atoms with Gasteiger partial charge in [0.15, 0.2) is 5.84 Å². The highest BCUT2D eigenvalue weighted by molar-refractivity contribution is 6.28. The minimum atomic E-state index is -3.43. The summed E-state index contributed by atoms with van der Waals surface area (Å²) in [5.41, 5.74) is 0.642. The standard InChI is InChI=1S/C15H17F2N5O2/c1-9(21-14(23)15(2,16)17)8-24-11-3-4-12-10(5-11)7-20-22(12)13(19)6-18/h3-7,9,18-19H,8H2,1-2H3,(H,21,23)/t9-/m0/s1. The van der Waals surface area contributed by atoms with E-state index in [9.17, 15) is 13.6 Å². The smallest absolute Gasteiger partial charge is 0.321 e. The first-order chi connectivity index (χ1) is 11.2. The number of fused-ring (bicyclic) bond motifs is 1. The summed E-state index contributed by atoms with van der Waals surface area (Å²) in [6, 6.07) is 4.41. The number of hydrogen-bond donors (Lipinski definition) is 3. The maximum absolute atomic E-state index is 12.8. The monoisotopic (exact) mass is 337 g/mol. The molecule has 7 nitrogen and oxygen atoms in total. The first kappa shape index (κ1) is 17.5. The molecular formula is C15H17F2N5O2. The Morgan fingerprint density at radius 1 is 1.54 bits per heavy atom. The first-order valence-electron chi connectivity index (χ1n) is 7.11. The molecule has 0 saturated heterocycles. The molecule has 1 heterocycles. The van der Waals surface area contributed by atoms with Crippen molar-refractivity contribution in [3.8, 4) is 5.75 Å². The van der Waals surface area contributed by atoms with Crippen LogP contribution in [0.25, 0.3) is 10.9 Å². The average molecular weight is 337 g/mol. The van der Waals surface area contributed by atoms with E-state index in [0.29, 0.717) is 23.6 Å². The summed E-state index contributed by atoms with van der Waals surface area (Å²) < 4.78 is 32.4. The Kier molecular flexibility index (Phi) is 4.91. The van der Waals surface area contributed by atoms with Crippen LogP contribution in [0.3, 0.4) is 0 Å². The molecule has 0 radical (unpaired) electrons. The molecule has 24 heavy (non-hydrogen) atoms. The molecule has 3 N–H and O–H groups in total. The fourth-order valence-electron chi connectivity index (χ4n) is 1.97. The van der Waals surface area contributed by atoms with E-state index in [1.54, 1.807) is 25.1 Å². The number of aromatic nitrogens is 2. The zero-order valence-corrected chi connectivity index (χ0v) is 13.1. The summed E-state index contributed by atoms with van der Waals surface area (Å²) in [7, 11) is 0. The predicted molar refractivity (Wildman–Crippen MR) is 85.4 cm³/mol. The second-order valence-electron chi connectivity index (χ2n) is 5.38. The molecule has 2 rings (SSSR count). The number of carbonyl (C=O) groups excluding carboxylic acids is 1. The lowest BCUT2D eigenvalue weighted by molar-refractivity contribution is -0.143. The van der Waals surface area contributed by atoms with E-state index >= 15 is 0 Å². The third-order valence-corrected chi connectivity index (χ3v) is 3.18. The molecular weight excluding hydrogens is 320 g/mol. The van der Waals surface area contributed by atoms with Crippen LogP contribution in [0.4, 0.5) is 8.78 Å². The molecule has 1 atom stereocenters. The van der Waals surface area contributed by atoms with Crippen molar-refractivity contribution < 1.29 is 18.3 Å². The third-order valence-electron chi connectivity index (χ3n) is 3.18. The van der Waals surface area contributed by atoms with Crippen molar-refractivity contribution in [1.29, 1.82) is 10.8 Å². The number of rotatable bonds is 6. The van der Waals surface area contributed by atoms with E-state index in [1.165, 1.54) is 10.9 Å². The van der Waals surface area contributed by atoms with Gasteiger partial charge < -0.3 is 15.5 Å². The highest BCUT2D eigenvalue weighted by atomic mass is 19.3. The third kappa shape index (κ3) is 3.92. The van der Waals surface area contributed by atoms with Crippen molar-refractivity contribution in [2.45, 2.75) is 25.8 Å². The first-order valence-corrected chi connectivity index (χ1v) is 7.11. The fourth-order valence-corrected chi connectivity index (χ4v) is 1.97. The van der Waals surface area contributed by atoms with Crippen LogP contribution in [0.5, 0.6) is 5.75 Å². The Balaban J connectivity index is 2.02. The molecule has 1 aromatic heterocycles. The molecule has 128 valence electrons. The van der Waals surface area contributed by atoms with Crippen LogP contribution in [0, 0.1) is 10.8 Å². The van der Waals surface area contributed by atoms with Crippen molar-refractivity contribution in [1.82, 2.24) is 15.1 Å². The molecule has 2 aromatic rings. The number of amides is 1. The quantitative estimate of drug-likeness (QED) is 0.555. The number of benzene rings is 1. The zero-order valence-electron chi connectivity index (χ0n) is 13.1. The van der Waals surface area contributed by atoms with Crippen LogP contribution in [-0.4, -0.2) is 46.3 Å². The van der Waals surface area contributed by atoms with E-state index in [4.69, 9.17) is 15.6 Å². The van der Waals surface area contributed by atoms with Gasteiger partial charge in [-0.25, -0.2) is 4.68 Å². The minimum Gasteiger partial charge on any atom is -0.491 e. The normalized spacial score (nSPS) is 12.7. The number of nitrogens with zero attached hydrogens (tertiary/aromatic N) is 2. The van der Waals surface area contributed by atoms with E-state index in [0.717, 1.165) is 6.21 Å². The van der Waals surface area contributed by atoms with E-state index < -0.39 is 17.9 Å². The molecule has 9 heteroatoms. The average Bonchev–Trinajstić information content (AvgIpc) is 2.94. The van der Waals surface area contributed by atoms with Gasteiger partial charge in [0.25, 0.3) is 5.91 Å². The number of halogens is 2. The molecule has 0 saturated carbocycles. The predicted octanol–water partition coefficient (Wildman–Crippen LogP) is 2.05. The lowest BCUT2D eigenvalue weighted by atomic mass is 10.2. The number of carbonyl (C=O) groups is 1. The van der Waals surface area contributed by atoms with Crippen molar-refractivity contribution in [3.05, 3.63) is 24.4 Å². The maximum atomic E-state index is 12.8. The van der Waals surface area contributed by atoms with E-state index in [2.05, 4.69) is 10.4 Å². The Morgan fingerprint density at radius 2 is 2.25 bits per heavy atom. The summed E-state index contributed by atoms with van der Waals surface area (Å²) in [4.78, 5) is 11.2. The summed E-state index contributed by atoms with van der Waals surface area (Å²) in [6.45, 7) is 2.12. The van der Waals surface area contributed by atoms with Crippen LogP contribution < -0.4 is 10.1 Å². The van der Waals surface area contributed by atoms with Crippen molar-refractivity contribution in [2.75, 3.05) is 6.61 Å². The number of hydrogen-bond acceptors (Lipinski definition) is 5. The van der Waals surface area contributed by atoms with Gasteiger partial charge in [0, 0.05) is 12.3 Å². The van der Waals surface area contributed by atoms with Gasteiger partial charge in [0.2, 0.25) is 0 Å². The van der Waals surface area contributed by atoms with Gasteiger partial charge in [-0.15, -0.1) is 0 Å². The summed E-state index contributed by atoms with van der Waals surface area (Å²) in [5.74, 6) is -4.37. The Morgan fingerprint density at radius 3 is 2.88 bits per heavy atom. The summed E-state index contributed by atoms with van der Waals surface area (Å²) in [5, 5.41) is 21.6. The van der Waals surface area contributed by atoms with Gasteiger partial charge >= 0.3 is 5.92 Å². The number of alkyl halides is 2. The summed E-state index contributed by atoms with van der Waals surface area (Å²) >= 11 is 0. The molecule has 0 aliphatic carbocycles. The van der Waals surface area contributed by atoms with Crippen LogP contribution in [0.15, 0.2) is 24.4 Å². The van der Waals surface area contributed by atoms with Gasteiger partial charge in [0.05, 0.1) is 24.0 Å². The van der Waals surface area contributed by atoms with E-state index in [1.807, 2.05) is 0 Å². The molecule has 0 bridgehead atoms. The zero-order chi connectivity index (χ0) is 17.9. The van der Waals surface area contributed by atoms with Gasteiger partial charge in [-0.3, -0.25) is 10.2 Å². The number of nitrogens with one attached hydrogen (secondary N) is 3. The largest absolute Gasteiger partial charge is 0.491 e. The molecule has 0 fully saturated rings. The molecule has 0 unspecified atom stereocenters. The topological polar surface area (TPSA) is 104 Å². The van der Waals surface area contributed by atoms with Gasteiger partial charge in [0.1, 0.15) is 12.4 Å². The molecule has 0 aliphatic heterocycles. The van der Waals surface area contributed by atoms with Crippen molar-refractivity contribution in [3.63, 3.8) is 0 Å². The van der Waals surface area contributed by atoms with Crippen molar-refractivity contribution in [2.24, 2.45) is 0 Å².